The summed E-state index contributed by atoms with van der Waals surface area (Å²) < 4.78 is 2.54. The molecule has 28 heavy (non-hydrogen) atoms. The third-order valence-corrected chi connectivity index (χ3v) is 4.97. The van der Waals surface area contributed by atoms with Crippen LogP contribution >= 0.6 is 28.1 Å². The van der Waals surface area contributed by atoms with E-state index in [-0.39, 0.29) is 12.4 Å². The van der Waals surface area contributed by atoms with Crippen molar-refractivity contribution in [3.63, 3.8) is 0 Å². The van der Waals surface area contributed by atoms with Crippen molar-refractivity contribution in [3.05, 3.63) is 94.2 Å². The summed E-state index contributed by atoms with van der Waals surface area (Å²) in [5.74, 6) is -0.211. The summed E-state index contributed by atoms with van der Waals surface area (Å²) in [5.41, 5.74) is 3.45. The van der Waals surface area contributed by atoms with Crippen molar-refractivity contribution in [2.75, 3.05) is 5.32 Å². The maximum Gasteiger partial charge on any atom is 0.238 e. The zero-order valence-corrected chi connectivity index (χ0v) is 17.6. The molecule has 6 heteroatoms. The SMILES string of the molecule is Cc1ccc(NC(=S)/C(=C(\[O-])c2ccc(Br)cc2)[n+]2cccc(CO)c2)cc1. The van der Waals surface area contributed by atoms with Crippen LogP contribution in [0.4, 0.5) is 5.69 Å². The molecule has 0 saturated heterocycles. The molecule has 0 amide bonds. The normalized spacial score (nSPS) is 11.7. The fraction of sp³-hybridized carbons (Fsp3) is 0.0909. The van der Waals surface area contributed by atoms with Crippen LogP contribution < -0.4 is 15.0 Å². The molecule has 3 rings (SSSR count). The molecule has 0 spiro atoms. The maximum atomic E-state index is 13.3. The number of benzene rings is 2. The number of pyridine rings is 1. The van der Waals surface area contributed by atoms with Crippen LogP contribution in [-0.2, 0) is 6.61 Å². The number of aryl methyl sites for hydroxylation is 1. The number of nitrogens with zero attached hydrogens (tertiary/aromatic N) is 1. The summed E-state index contributed by atoms with van der Waals surface area (Å²) in [6.07, 6.45) is 3.45. The van der Waals surface area contributed by atoms with Gasteiger partial charge in [0.2, 0.25) is 5.70 Å². The van der Waals surface area contributed by atoms with E-state index in [1.807, 2.05) is 43.3 Å². The Morgan fingerprint density at radius 1 is 1.11 bits per heavy atom. The van der Waals surface area contributed by atoms with Gasteiger partial charge in [-0.3, -0.25) is 0 Å². The van der Waals surface area contributed by atoms with E-state index in [0.717, 1.165) is 15.7 Å². The molecule has 0 radical (unpaired) electrons. The average Bonchev–Trinajstić information content (AvgIpc) is 2.70. The quantitative estimate of drug-likeness (QED) is 0.267. The Labute approximate surface area is 177 Å². The lowest BCUT2D eigenvalue weighted by atomic mass is 10.1. The molecule has 142 valence electrons. The minimum absolute atomic E-state index is 0.126. The molecule has 4 nitrogen and oxygen atoms in total. The molecule has 0 unspecified atom stereocenters. The lowest BCUT2D eigenvalue weighted by Gasteiger charge is -2.17. The Bertz CT molecular complexity index is 1020. The van der Waals surface area contributed by atoms with E-state index in [0.29, 0.717) is 21.8 Å². The standard InChI is InChI=1S/C22H19BrN2O2S/c1-15-4-10-19(11-5-15)24-22(28)20(25-12-2-3-16(13-25)14-26)21(27)17-6-8-18(23)9-7-17/h2-13,26H,14H2,1H3,(H-,24,27,28). The minimum Gasteiger partial charge on any atom is -0.867 e. The van der Waals surface area contributed by atoms with Crippen LogP contribution in [0, 0.1) is 6.92 Å². The molecule has 0 bridgehead atoms. The lowest BCUT2D eigenvalue weighted by Crippen LogP contribution is -2.40. The van der Waals surface area contributed by atoms with Gasteiger partial charge in [0.05, 0.1) is 6.61 Å². The first-order chi connectivity index (χ1) is 13.5. The van der Waals surface area contributed by atoms with Gasteiger partial charge in [-0.05, 0) is 48.6 Å². The van der Waals surface area contributed by atoms with Gasteiger partial charge in [-0.2, -0.15) is 4.57 Å². The first-order valence-electron chi connectivity index (χ1n) is 8.64. The number of hydrogen-bond acceptors (Lipinski definition) is 3. The zero-order valence-electron chi connectivity index (χ0n) is 15.2. The Balaban J connectivity index is 2.07. The molecule has 0 aliphatic heterocycles. The highest BCUT2D eigenvalue weighted by Crippen LogP contribution is 2.19. The highest BCUT2D eigenvalue weighted by molar-refractivity contribution is 9.10. The number of rotatable bonds is 5. The third kappa shape index (κ3) is 4.84. The predicted molar refractivity (Wildman–Crippen MR) is 117 cm³/mol. The van der Waals surface area contributed by atoms with E-state index in [4.69, 9.17) is 12.2 Å². The molecule has 0 fully saturated rings. The Hall–Kier alpha value is -2.54. The van der Waals surface area contributed by atoms with Gasteiger partial charge in [0.15, 0.2) is 17.4 Å². The smallest absolute Gasteiger partial charge is 0.238 e. The number of halogens is 1. The van der Waals surface area contributed by atoms with E-state index < -0.39 is 0 Å². The number of aliphatic hydroxyl groups is 1. The van der Waals surface area contributed by atoms with Crippen LogP contribution in [0.2, 0.25) is 0 Å². The fourth-order valence-corrected chi connectivity index (χ4v) is 3.24. The van der Waals surface area contributed by atoms with Crippen LogP contribution in [0.15, 0.2) is 77.5 Å². The van der Waals surface area contributed by atoms with Crippen molar-refractivity contribution < 1.29 is 14.8 Å². The average molecular weight is 455 g/mol. The van der Waals surface area contributed by atoms with Crippen molar-refractivity contribution in [3.8, 4) is 0 Å². The molecule has 0 aliphatic rings. The molecule has 3 aromatic rings. The number of aromatic nitrogens is 1. The molecule has 2 aromatic carbocycles. The van der Waals surface area contributed by atoms with Crippen molar-refractivity contribution in [1.82, 2.24) is 0 Å². The topological polar surface area (TPSA) is 59.2 Å². The summed E-state index contributed by atoms with van der Waals surface area (Å²) in [4.78, 5) is 0.303. The van der Waals surface area contributed by atoms with Crippen LogP contribution in [-0.4, -0.2) is 10.1 Å². The number of anilines is 1. The molecular weight excluding hydrogens is 436 g/mol. The van der Waals surface area contributed by atoms with Crippen LogP contribution in [0.3, 0.4) is 0 Å². The summed E-state index contributed by atoms with van der Waals surface area (Å²) in [6.45, 7) is 1.88. The zero-order chi connectivity index (χ0) is 20.1. The highest BCUT2D eigenvalue weighted by Gasteiger charge is 2.19. The van der Waals surface area contributed by atoms with Gasteiger partial charge < -0.3 is 15.5 Å². The first-order valence-corrected chi connectivity index (χ1v) is 9.85. The molecular formula is C22H19BrN2O2S. The summed E-state index contributed by atoms with van der Waals surface area (Å²) in [7, 11) is 0. The van der Waals surface area contributed by atoms with Gasteiger partial charge in [0.25, 0.3) is 0 Å². The fourth-order valence-electron chi connectivity index (χ4n) is 2.66. The minimum atomic E-state index is -0.211. The van der Waals surface area contributed by atoms with Gasteiger partial charge in [-0.1, -0.05) is 58.0 Å². The van der Waals surface area contributed by atoms with Crippen molar-refractivity contribution in [2.45, 2.75) is 13.5 Å². The Morgan fingerprint density at radius 2 is 1.79 bits per heavy atom. The molecule has 0 saturated carbocycles. The summed E-state index contributed by atoms with van der Waals surface area (Å²) in [5, 5.41) is 25.9. The van der Waals surface area contributed by atoms with E-state index in [1.165, 1.54) is 0 Å². The monoisotopic (exact) mass is 454 g/mol. The Morgan fingerprint density at radius 3 is 2.43 bits per heavy atom. The highest BCUT2D eigenvalue weighted by atomic mass is 79.9. The maximum absolute atomic E-state index is 13.3. The summed E-state index contributed by atoms with van der Waals surface area (Å²) in [6, 6.07) is 18.5. The second-order valence-electron chi connectivity index (χ2n) is 6.28. The number of nitrogens with one attached hydrogen (secondary N) is 1. The van der Waals surface area contributed by atoms with Gasteiger partial charge in [0, 0.05) is 21.8 Å². The van der Waals surface area contributed by atoms with Gasteiger partial charge in [-0.25, -0.2) is 0 Å². The van der Waals surface area contributed by atoms with Gasteiger partial charge in [-0.15, -0.1) is 0 Å². The van der Waals surface area contributed by atoms with E-state index in [9.17, 15) is 10.2 Å². The van der Waals surface area contributed by atoms with Crippen molar-refractivity contribution in [1.29, 1.82) is 0 Å². The van der Waals surface area contributed by atoms with Gasteiger partial charge in [0.1, 0.15) is 0 Å². The van der Waals surface area contributed by atoms with Crippen LogP contribution in [0.1, 0.15) is 16.7 Å². The number of thiocarbonyl (C=S) groups is 1. The van der Waals surface area contributed by atoms with Gasteiger partial charge >= 0.3 is 0 Å². The van der Waals surface area contributed by atoms with E-state index >= 15 is 0 Å². The molecule has 1 heterocycles. The largest absolute Gasteiger partial charge is 0.867 e. The molecule has 2 N–H and O–H groups in total. The molecule has 0 aliphatic carbocycles. The van der Waals surface area contributed by atoms with Crippen molar-refractivity contribution >= 4 is 50.3 Å². The summed E-state index contributed by atoms with van der Waals surface area (Å²) >= 11 is 8.98. The van der Waals surface area contributed by atoms with Crippen LogP contribution in [0.5, 0.6) is 0 Å². The Kier molecular flexibility index (Phi) is 6.57. The van der Waals surface area contributed by atoms with Crippen molar-refractivity contribution in [2.24, 2.45) is 0 Å². The van der Waals surface area contributed by atoms with Crippen LogP contribution in [0.25, 0.3) is 11.5 Å². The van der Waals surface area contributed by atoms with E-state index in [2.05, 4.69) is 21.2 Å². The lowest BCUT2D eigenvalue weighted by molar-refractivity contribution is -0.578. The van der Waals surface area contributed by atoms with E-state index in [1.54, 1.807) is 41.2 Å². The molecule has 0 atom stereocenters. The third-order valence-electron chi connectivity index (χ3n) is 4.15. The molecule has 1 aromatic heterocycles. The number of aliphatic hydroxyl groups excluding tert-OH is 1. The number of hydrogen-bond donors (Lipinski definition) is 2. The first kappa shape index (κ1) is 20.2. The predicted octanol–water partition coefficient (Wildman–Crippen LogP) is 3.66. The second kappa shape index (κ2) is 9.10. The second-order valence-corrected chi connectivity index (χ2v) is 7.61.